The van der Waals surface area contributed by atoms with Crippen LogP contribution < -0.4 is 0 Å². The molecule has 12 heavy (non-hydrogen) atoms. The van der Waals surface area contributed by atoms with E-state index in [9.17, 15) is 22.4 Å². The third-order valence-corrected chi connectivity index (χ3v) is 1.72. The van der Waals surface area contributed by atoms with Crippen LogP contribution in [0.15, 0.2) is 0 Å². The first-order chi connectivity index (χ1) is 5.32. The van der Waals surface area contributed by atoms with E-state index >= 15 is 0 Å². The molecule has 0 aromatic rings. The van der Waals surface area contributed by atoms with E-state index in [-0.39, 0.29) is 0 Å². The number of alkyl halides is 3. The molecular formula is C5H5F4NO2. The summed E-state index contributed by atoms with van der Waals surface area (Å²) in [5.41, 5.74) is 0. The predicted molar refractivity (Wildman–Crippen MR) is 28.9 cm³/mol. The normalized spacial score (nSPS) is 35.3. The van der Waals surface area contributed by atoms with Crippen molar-refractivity contribution in [3.63, 3.8) is 0 Å². The van der Waals surface area contributed by atoms with Gasteiger partial charge in [-0.3, -0.25) is 0 Å². The zero-order valence-electron chi connectivity index (χ0n) is 5.73. The number of carbonyl (C=O) groups is 1. The van der Waals surface area contributed by atoms with Gasteiger partial charge in [0.15, 0.2) is 0 Å². The molecule has 1 heterocycles. The van der Waals surface area contributed by atoms with Crippen LogP contribution in [0.1, 0.15) is 6.42 Å². The molecule has 0 saturated carbocycles. The first kappa shape index (κ1) is 9.24. The van der Waals surface area contributed by atoms with Crippen molar-refractivity contribution in [2.45, 2.75) is 18.1 Å². The highest BCUT2D eigenvalue weighted by Gasteiger charge is 2.70. The number of rotatable bonds is 1. The molecule has 70 valence electrons. The van der Waals surface area contributed by atoms with Gasteiger partial charge in [0.25, 0.3) is 0 Å². The lowest BCUT2D eigenvalue weighted by atomic mass is 10.1. The Bertz CT molecular complexity index is 221. The fraction of sp³-hybridized carbons (Fsp3) is 0.800. The molecule has 7 heteroatoms. The summed E-state index contributed by atoms with van der Waals surface area (Å²) in [7, 11) is 0. The van der Waals surface area contributed by atoms with Crippen LogP contribution in [0.25, 0.3) is 0 Å². The van der Waals surface area contributed by atoms with Gasteiger partial charge >= 0.3 is 17.7 Å². The van der Waals surface area contributed by atoms with E-state index in [1.54, 1.807) is 0 Å². The van der Waals surface area contributed by atoms with Crippen molar-refractivity contribution in [2.75, 3.05) is 6.54 Å². The summed E-state index contributed by atoms with van der Waals surface area (Å²) in [6.45, 7) is -0.921. The largest absolute Gasteiger partial charge is 0.478 e. The fourth-order valence-electron chi connectivity index (χ4n) is 0.996. The molecule has 3 nitrogen and oxygen atoms in total. The Morgan fingerprint density at radius 1 is 1.42 bits per heavy atom. The summed E-state index contributed by atoms with van der Waals surface area (Å²) in [5.74, 6) is -10.9. The van der Waals surface area contributed by atoms with E-state index in [2.05, 4.69) is 0 Å². The van der Waals surface area contributed by atoms with Crippen LogP contribution in [0.3, 0.4) is 0 Å². The highest BCUT2D eigenvalue weighted by molar-refractivity contribution is 5.78. The van der Waals surface area contributed by atoms with Crippen LogP contribution in [0.2, 0.25) is 0 Å². The second kappa shape index (κ2) is 2.32. The Morgan fingerprint density at radius 3 is 2.08 bits per heavy atom. The molecule has 1 rings (SSSR count). The smallest absolute Gasteiger partial charge is 0.366 e. The summed E-state index contributed by atoms with van der Waals surface area (Å²) < 4.78 is 50.0. The lowest BCUT2D eigenvalue weighted by Gasteiger charge is -2.23. The zero-order valence-corrected chi connectivity index (χ0v) is 5.73. The molecule has 0 spiro atoms. The van der Waals surface area contributed by atoms with E-state index < -0.39 is 35.8 Å². The van der Waals surface area contributed by atoms with Crippen molar-refractivity contribution < 1.29 is 27.6 Å². The highest BCUT2D eigenvalue weighted by Crippen LogP contribution is 2.44. The standard InChI is InChI=1S/C5H5F4NO2/c6-4(7)1-2-10(9)5(4,8)3(11)12/h1-2H2,(H,11,12)/t5-/m1/s1. The highest BCUT2D eigenvalue weighted by atomic mass is 19.3. The second-order valence-corrected chi connectivity index (χ2v) is 2.47. The molecule has 0 amide bonds. The van der Waals surface area contributed by atoms with Crippen LogP contribution in [0, 0.1) is 0 Å². The third kappa shape index (κ3) is 0.889. The maximum absolute atomic E-state index is 12.8. The number of nitrogens with zero attached hydrogens (tertiary/aromatic N) is 1. The summed E-state index contributed by atoms with van der Waals surface area (Å²) >= 11 is 0. The fourth-order valence-corrected chi connectivity index (χ4v) is 0.996. The Hall–Kier alpha value is -0.850. The molecule has 0 radical (unpaired) electrons. The first-order valence-electron chi connectivity index (χ1n) is 3.06. The van der Waals surface area contributed by atoms with Crippen molar-refractivity contribution >= 4 is 5.97 Å². The van der Waals surface area contributed by atoms with Gasteiger partial charge in [-0.25, -0.2) is 18.0 Å². The SMILES string of the molecule is O=C(O)[C@@]1(F)N(F)CCC1(F)F. The number of aliphatic carboxylic acids is 1. The van der Waals surface area contributed by atoms with Crippen LogP contribution in [-0.2, 0) is 4.79 Å². The van der Waals surface area contributed by atoms with Crippen LogP contribution >= 0.6 is 0 Å². The summed E-state index contributed by atoms with van der Waals surface area (Å²) in [6, 6.07) is 0. The first-order valence-corrected chi connectivity index (χ1v) is 3.06. The monoisotopic (exact) mass is 187 g/mol. The average molecular weight is 187 g/mol. The van der Waals surface area contributed by atoms with Gasteiger partial charge in [0.1, 0.15) is 0 Å². The van der Waals surface area contributed by atoms with E-state index in [4.69, 9.17) is 5.11 Å². The molecule has 0 aromatic heterocycles. The molecule has 1 aliphatic rings. The number of halogens is 4. The maximum Gasteiger partial charge on any atom is 0.366 e. The van der Waals surface area contributed by atoms with Gasteiger partial charge in [0.2, 0.25) is 0 Å². The molecule has 0 aliphatic carbocycles. The van der Waals surface area contributed by atoms with Gasteiger partial charge in [-0.1, -0.05) is 5.12 Å². The summed E-state index contributed by atoms with van der Waals surface area (Å²) in [5, 5.41) is 7.05. The average Bonchev–Trinajstić information content (AvgIpc) is 2.15. The zero-order chi connectivity index (χ0) is 9.57. The van der Waals surface area contributed by atoms with E-state index in [1.165, 1.54) is 0 Å². The minimum Gasteiger partial charge on any atom is -0.478 e. The number of carboxylic acids is 1. The lowest BCUT2D eigenvalue weighted by Crippen LogP contribution is -2.53. The lowest BCUT2D eigenvalue weighted by molar-refractivity contribution is -0.233. The molecule has 1 N–H and O–H groups in total. The van der Waals surface area contributed by atoms with Gasteiger partial charge in [0, 0.05) is 13.0 Å². The molecule has 0 aromatic carbocycles. The van der Waals surface area contributed by atoms with Gasteiger partial charge < -0.3 is 5.11 Å². The van der Waals surface area contributed by atoms with Gasteiger partial charge in [-0.2, -0.15) is 0 Å². The Kier molecular flexibility index (Phi) is 1.78. The topological polar surface area (TPSA) is 40.5 Å². The third-order valence-electron chi connectivity index (χ3n) is 1.72. The minimum absolute atomic E-state index is 0.921. The summed E-state index contributed by atoms with van der Waals surface area (Å²) in [6.07, 6.45) is -1.13. The molecule has 1 fully saturated rings. The Labute approximate surface area is 64.5 Å². The summed E-state index contributed by atoms with van der Waals surface area (Å²) in [4.78, 5) is 10.0. The molecule has 1 atom stereocenters. The predicted octanol–water partition coefficient (Wildman–Crippen LogP) is 0.962. The van der Waals surface area contributed by atoms with Gasteiger partial charge in [0.05, 0.1) is 0 Å². The van der Waals surface area contributed by atoms with E-state index in [0.29, 0.717) is 0 Å². The molecule has 0 bridgehead atoms. The van der Waals surface area contributed by atoms with Gasteiger partial charge in [-0.05, 0) is 0 Å². The van der Waals surface area contributed by atoms with Crippen molar-refractivity contribution in [3.05, 3.63) is 0 Å². The number of carboxylic acid groups (broad SMARTS) is 1. The van der Waals surface area contributed by atoms with Crippen molar-refractivity contribution in [2.24, 2.45) is 0 Å². The van der Waals surface area contributed by atoms with Crippen LogP contribution in [0.4, 0.5) is 17.7 Å². The molecule has 1 aliphatic heterocycles. The van der Waals surface area contributed by atoms with Crippen molar-refractivity contribution in [1.82, 2.24) is 5.12 Å². The quantitative estimate of drug-likeness (QED) is 0.377. The van der Waals surface area contributed by atoms with Crippen molar-refractivity contribution in [3.8, 4) is 0 Å². The molecular weight excluding hydrogens is 182 g/mol. The maximum atomic E-state index is 12.8. The van der Waals surface area contributed by atoms with Crippen LogP contribution in [-0.4, -0.2) is 34.5 Å². The molecule has 0 unspecified atom stereocenters. The Morgan fingerprint density at radius 2 is 1.92 bits per heavy atom. The minimum atomic E-state index is -4.20. The van der Waals surface area contributed by atoms with E-state index in [1.807, 2.05) is 0 Å². The van der Waals surface area contributed by atoms with Crippen molar-refractivity contribution in [1.29, 1.82) is 0 Å². The van der Waals surface area contributed by atoms with Crippen LogP contribution in [0.5, 0.6) is 0 Å². The number of hydrogen-bond donors (Lipinski definition) is 1. The van der Waals surface area contributed by atoms with E-state index in [0.717, 1.165) is 0 Å². The number of hydrogen-bond acceptors (Lipinski definition) is 2. The Balaban J connectivity index is 3.06. The second-order valence-electron chi connectivity index (χ2n) is 2.47. The molecule has 1 saturated heterocycles. The van der Waals surface area contributed by atoms with Gasteiger partial charge in [-0.15, -0.1) is 4.48 Å².